The molecule has 0 aliphatic heterocycles. The van der Waals surface area contributed by atoms with Crippen molar-refractivity contribution < 1.29 is 9.47 Å². The molecule has 16 heavy (non-hydrogen) atoms. The zero-order valence-electron chi connectivity index (χ0n) is 8.96. The third kappa shape index (κ3) is 2.14. The van der Waals surface area contributed by atoms with Crippen molar-refractivity contribution in [3.8, 4) is 17.2 Å². The van der Waals surface area contributed by atoms with Gasteiger partial charge in [-0.15, -0.1) is 0 Å². The Hall–Kier alpha value is -2.01. The van der Waals surface area contributed by atoms with Gasteiger partial charge in [0, 0.05) is 0 Å². The molecule has 0 saturated carbocycles. The highest BCUT2D eigenvalue weighted by Crippen LogP contribution is 2.30. The molecule has 5 nitrogen and oxygen atoms in total. The number of hydrogen-bond acceptors (Lipinski definition) is 4. The Morgan fingerprint density at radius 1 is 1.31 bits per heavy atom. The van der Waals surface area contributed by atoms with Gasteiger partial charge in [0.25, 0.3) is 0 Å². The summed E-state index contributed by atoms with van der Waals surface area (Å²) in [4.78, 5) is 0. The highest BCUT2D eigenvalue weighted by Gasteiger charge is 2.05. The van der Waals surface area contributed by atoms with E-state index in [2.05, 4.69) is 5.10 Å². The van der Waals surface area contributed by atoms with E-state index >= 15 is 0 Å². The smallest absolute Gasteiger partial charge is 0.169 e. The first kappa shape index (κ1) is 10.5. The summed E-state index contributed by atoms with van der Waals surface area (Å²) < 4.78 is 12.4. The standard InChI is InChI=1S/C11H13N3O2/c1-15-10-4-2-3-5-11(10)16-9-6-13-14(7-9)8-12/h2-7H,8,12H2,1H3. The molecule has 5 heteroatoms. The Balaban J connectivity index is 2.19. The lowest BCUT2D eigenvalue weighted by Gasteiger charge is -2.07. The number of nitrogens with zero attached hydrogens (tertiary/aromatic N) is 2. The summed E-state index contributed by atoms with van der Waals surface area (Å²) in [5.41, 5.74) is 5.43. The van der Waals surface area contributed by atoms with Crippen LogP contribution in [0.1, 0.15) is 0 Å². The molecular formula is C11H13N3O2. The van der Waals surface area contributed by atoms with Crippen LogP contribution in [0.4, 0.5) is 0 Å². The summed E-state index contributed by atoms with van der Waals surface area (Å²) >= 11 is 0. The predicted molar refractivity (Wildman–Crippen MR) is 59.5 cm³/mol. The number of methoxy groups -OCH3 is 1. The minimum Gasteiger partial charge on any atom is -0.493 e. The number of hydrogen-bond donors (Lipinski definition) is 1. The SMILES string of the molecule is COc1ccccc1Oc1cnn(CN)c1. The molecule has 0 amide bonds. The quantitative estimate of drug-likeness (QED) is 0.848. The molecule has 0 fully saturated rings. The van der Waals surface area contributed by atoms with Crippen LogP contribution < -0.4 is 15.2 Å². The van der Waals surface area contributed by atoms with Crippen LogP contribution in [0.3, 0.4) is 0 Å². The predicted octanol–water partition coefficient (Wildman–Crippen LogP) is 1.60. The van der Waals surface area contributed by atoms with Gasteiger partial charge < -0.3 is 15.2 Å². The number of para-hydroxylation sites is 2. The average molecular weight is 219 g/mol. The van der Waals surface area contributed by atoms with Crippen molar-refractivity contribution >= 4 is 0 Å². The van der Waals surface area contributed by atoms with Crippen LogP contribution in [0, 0.1) is 0 Å². The molecule has 0 saturated heterocycles. The van der Waals surface area contributed by atoms with Gasteiger partial charge in [0.1, 0.15) is 0 Å². The van der Waals surface area contributed by atoms with E-state index in [0.717, 1.165) is 0 Å². The highest BCUT2D eigenvalue weighted by molar-refractivity contribution is 5.41. The minimum atomic E-state index is 0.329. The van der Waals surface area contributed by atoms with Gasteiger partial charge >= 0.3 is 0 Å². The molecule has 2 aromatic rings. The molecule has 0 unspecified atom stereocenters. The third-order valence-electron chi connectivity index (χ3n) is 2.09. The monoisotopic (exact) mass is 219 g/mol. The van der Waals surface area contributed by atoms with Crippen molar-refractivity contribution in [2.24, 2.45) is 5.73 Å². The fourth-order valence-electron chi connectivity index (χ4n) is 1.33. The Morgan fingerprint density at radius 3 is 2.69 bits per heavy atom. The molecule has 0 radical (unpaired) electrons. The molecule has 0 aliphatic rings. The van der Waals surface area contributed by atoms with E-state index in [9.17, 15) is 0 Å². The number of nitrogens with two attached hydrogens (primary N) is 1. The third-order valence-corrected chi connectivity index (χ3v) is 2.09. The van der Waals surface area contributed by atoms with Crippen LogP contribution >= 0.6 is 0 Å². The van der Waals surface area contributed by atoms with E-state index in [-0.39, 0.29) is 0 Å². The Morgan fingerprint density at radius 2 is 2.06 bits per heavy atom. The second-order valence-corrected chi connectivity index (χ2v) is 3.15. The van der Waals surface area contributed by atoms with Crippen LogP contribution in [0.5, 0.6) is 17.2 Å². The van der Waals surface area contributed by atoms with Crippen LogP contribution in [-0.4, -0.2) is 16.9 Å². The van der Waals surface area contributed by atoms with Gasteiger partial charge in [0.2, 0.25) is 0 Å². The van der Waals surface area contributed by atoms with Crippen molar-refractivity contribution in [1.82, 2.24) is 9.78 Å². The number of benzene rings is 1. The van der Waals surface area contributed by atoms with Crippen molar-refractivity contribution in [2.45, 2.75) is 6.67 Å². The van der Waals surface area contributed by atoms with E-state index in [1.54, 1.807) is 24.2 Å². The molecule has 1 aromatic carbocycles. The van der Waals surface area contributed by atoms with E-state index in [1.807, 2.05) is 24.3 Å². The molecule has 0 atom stereocenters. The van der Waals surface area contributed by atoms with Crippen LogP contribution in [0.15, 0.2) is 36.7 Å². The first-order valence-electron chi connectivity index (χ1n) is 4.87. The van der Waals surface area contributed by atoms with Crippen molar-refractivity contribution in [3.05, 3.63) is 36.7 Å². The summed E-state index contributed by atoms with van der Waals surface area (Å²) in [5.74, 6) is 1.97. The van der Waals surface area contributed by atoms with Gasteiger partial charge in [-0.3, -0.25) is 4.68 Å². The topological polar surface area (TPSA) is 62.3 Å². The zero-order chi connectivity index (χ0) is 11.4. The number of ether oxygens (including phenoxy) is 2. The number of aromatic nitrogens is 2. The van der Waals surface area contributed by atoms with Gasteiger partial charge in [0.15, 0.2) is 17.2 Å². The largest absolute Gasteiger partial charge is 0.493 e. The van der Waals surface area contributed by atoms with Crippen LogP contribution in [0.25, 0.3) is 0 Å². The summed E-state index contributed by atoms with van der Waals surface area (Å²) in [5, 5.41) is 4.01. The van der Waals surface area contributed by atoms with Gasteiger partial charge in [-0.2, -0.15) is 5.10 Å². The Kier molecular flexibility index (Phi) is 3.07. The van der Waals surface area contributed by atoms with E-state index in [1.165, 1.54) is 0 Å². The van der Waals surface area contributed by atoms with Crippen LogP contribution in [-0.2, 0) is 6.67 Å². The fourth-order valence-corrected chi connectivity index (χ4v) is 1.33. The van der Waals surface area contributed by atoms with Gasteiger partial charge in [-0.05, 0) is 12.1 Å². The minimum absolute atomic E-state index is 0.329. The van der Waals surface area contributed by atoms with Crippen molar-refractivity contribution in [1.29, 1.82) is 0 Å². The average Bonchev–Trinajstić information content (AvgIpc) is 2.77. The summed E-state index contributed by atoms with van der Waals surface area (Å²) in [6.45, 7) is 0.329. The Bertz CT molecular complexity index is 468. The maximum atomic E-state index is 5.62. The molecule has 84 valence electrons. The van der Waals surface area contributed by atoms with Crippen molar-refractivity contribution in [3.63, 3.8) is 0 Å². The molecule has 2 rings (SSSR count). The normalized spacial score (nSPS) is 10.1. The molecule has 1 aromatic heterocycles. The molecule has 1 heterocycles. The van der Waals surface area contributed by atoms with E-state index < -0.39 is 0 Å². The lowest BCUT2D eigenvalue weighted by molar-refractivity contribution is 0.378. The van der Waals surface area contributed by atoms with E-state index in [0.29, 0.717) is 23.9 Å². The van der Waals surface area contributed by atoms with Gasteiger partial charge in [0.05, 0.1) is 26.2 Å². The maximum Gasteiger partial charge on any atom is 0.169 e. The first-order chi connectivity index (χ1) is 7.83. The molecule has 0 bridgehead atoms. The highest BCUT2D eigenvalue weighted by atomic mass is 16.5. The van der Waals surface area contributed by atoms with Gasteiger partial charge in [-0.1, -0.05) is 12.1 Å². The Labute approximate surface area is 93.4 Å². The van der Waals surface area contributed by atoms with Gasteiger partial charge in [-0.25, -0.2) is 0 Å². The molecule has 0 aliphatic carbocycles. The fraction of sp³-hybridized carbons (Fsp3) is 0.182. The summed E-state index contributed by atoms with van der Waals surface area (Å²) in [7, 11) is 1.60. The first-order valence-corrected chi connectivity index (χ1v) is 4.87. The van der Waals surface area contributed by atoms with E-state index in [4.69, 9.17) is 15.2 Å². The maximum absolute atomic E-state index is 5.62. The lowest BCUT2D eigenvalue weighted by Crippen LogP contribution is -2.06. The van der Waals surface area contributed by atoms with Crippen LogP contribution in [0.2, 0.25) is 0 Å². The number of rotatable bonds is 4. The molecule has 2 N–H and O–H groups in total. The summed E-state index contributed by atoms with van der Waals surface area (Å²) in [6, 6.07) is 7.43. The zero-order valence-corrected chi connectivity index (χ0v) is 8.96. The molecule has 0 spiro atoms. The summed E-state index contributed by atoms with van der Waals surface area (Å²) in [6.07, 6.45) is 3.34. The second-order valence-electron chi connectivity index (χ2n) is 3.15. The molecular weight excluding hydrogens is 206 g/mol. The second kappa shape index (κ2) is 4.67. The lowest BCUT2D eigenvalue weighted by atomic mass is 10.3. The van der Waals surface area contributed by atoms with Crippen molar-refractivity contribution in [2.75, 3.05) is 7.11 Å².